The van der Waals surface area contributed by atoms with Crippen LogP contribution in [0.1, 0.15) is 22.3 Å². The first-order valence-electron chi connectivity index (χ1n) is 5.45. The van der Waals surface area contributed by atoms with Crippen LogP contribution < -0.4 is 0 Å². The third kappa shape index (κ3) is 3.19. The molecule has 0 unspecified atom stereocenters. The predicted octanol–water partition coefficient (Wildman–Crippen LogP) is 2.14. The summed E-state index contributed by atoms with van der Waals surface area (Å²) in [5.41, 5.74) is 3.81. The number of phenolic OH excluding ortho intramolecular Hbond substituents is 1. The quantitative estimate of drug-likeness (QED) is 0.827. The third-order valence-electron chi connectivity index (χ3n) is 2.79. The monoisotopic (exact) mass is 240 g/mol. The van der Waals surface area contributed by atoms with Crippen molar-refractivity contribution in [3.63, 3.8) is 0 Å². The Bertz CT molecular complexity index is 374. The zero-order chi connectivity index (χ0) is 12.8. The third-order valence-corrected chi connectivity index (χ3v) is 2.79. The summed E-state index contributed by atoms with van der Waals surface area (Å²) in [4.78, 5) is 0. The molecule has 0 aliphatic carbocycles. The van der Waals surface area contributed by atoms with Crippen molar-refractivity contribution in [3.05, 3.63) is 28.3 Å². The minimum absolute atomic E-state index is 0.247. The molecule has 4 heteroatoms. The van der Waals surface area contributed by atoms with E-state index in [-0.39, 0.29) is 5.75 Å². The average Bonchev–Trinajstić information content (AvgIpc) is 2.30. The van der Waals surface area contributed by atoms with Gasteiger partial charge in [0.1, 0.15) is 5.75 Å². The van der Waals surface area contributed by atoms with Crippen molar-refractivity contribution in [1.82, 2.24) is 0 Å². The molecule has 1 rings (SSSR count). The van der Waals surface area contributed by atoms with Crippen molar-refractivity contribution in [2.75, 3.05) is 21.3 Å². The molecule has 0 radical (unpaired) electrons. The van der Waals surface area contributed by atoms with Gasteiger partial charge < -0.3 is 19.3 Å². The standard InChI is InChI=1S/C13H20O4/c1-9-11(7-16-3)10(6-15-2)5-13(14)12(9)8-17-4/h5,14H,6-8H2,1-4H3. The van der Waals surface area contributed by atoms with E-state index in [2.05, 4.69) is 0 Å². The summed E-state index contributed by atoms with van der Waals surface area (Å²) in [6.07, 6.45) is 0. The van der Waals surface area contributed by atoms with Crippen molar-refractivity contribution >= 4 is 0 Å². The van der Waals surface area contributed by atoms with Gasteiger partial charge in [0, 0.05) is 26.9 Å². The van der Waals surface area contributed by atoms with E-state index in [0.717, 1.165) is 22.3 Å². The molecule has 0 heterocycles. The average molecular weight is 240 g/mol. The van der Waals surface area contributed by atoms with Crippen molar-refractivity contribution in [2.24, 2.45) is 0 Å². The first kappa shape index (κ1) is 14.0. The van der Waals surface area contributed by atoms with Gasteiger partial charge in [0.15, 0.2) is 0 Å². The van der Waals surface area contributed by atoms with Crippen LogP contribution in [0.3, 0.4) is 0 Å². The Morgan fingerprint density at radius 3 is 2.00 bits per heavy atom. The zero-order valence-electron chi connectivity index (χ0n) is 10.9. The largest absolute Gasteiger partial charge is 0.508 e. The van der Waals surface area contributed by atoms with E-state index in [0.29, 0.717) is 19.8 Å². The lowest BCUT2D eigenvalue weighted by Crippen LogP contribution is -2.05. The second-order valence-corrected chi connectivity index (χ2v) is 3.94. The van der Waals surface area contributed by atoms with Gasteiger partial charge in [-0.1, -0.05) is 0 Å². The SMILES string of the molecule is COCc1cc(O)c(COC)c(C)c1COC. The fourth-order valence-corrected chi connectivity index (χ4v) is 1.91. The Hall–Kier alpha value is -1.10. The molecule has 0 aliphatic rings. The number of rotatable bonds is 6. The lowest BCUT2D eigenvalue weighted by molar-refractivity contribution is 0.165. The lowest BCUT2D eigenvalue weighted by atomic mass is 9.97. The fraction of sp³-hybridized carbons (Fsp3) is 0.538. The summed E-state index contributed by atoms with van der Waals surface area (Å²) in [5.74, 6) is 0.247. The normalized spacial score (nSPS) is 10.8. The zero-order valence-corrected chi connectivity index (χ0v) is 10.9. The fourth-order valence-electron chi connectivity index (χ4n) is 1.91. The maximum atomic E-state index is 9.95. The van der Waals surface area contributed by atoms with Crippen molar-refractivity contribution in [3.8, 4) is 5.75 Å². The van der Waals surface area contributed by atoms with Gasteiger partial charge in [-0.25, -0.2) is 0 Å². The van der Waals surface area contributed by atoms with Gasteiger partial charge in [-0.3, -0.25) is 0 Å². The Kier molecular flexibility index (Phi) is 5.41. The van der Waals surface area contributed by atoms with E-state index in [9.17, 15) is 5.11 Å². The molecule has 0 saturated carbocycles. The molecular weight excluding hydrogens is 220 g/mol. The summed E-state index contributed by atoms with van der Waals surface area (Å²) in [6.45, 7) is 3.31. The highest BCUT2D eigenvalue weighted by molar-refractivity contribution is 5.48. The number of hydrogen-bond donors (Lipinski definition) is 1. The van der Waals surface area contributed by atoms with Gasteiger partial charge >= 0.3 is 0 Å². The molecule has 0 atom stereocenters. The first-order valence-corrected chi connectivity index (χ1v) is 5.45. The van der Waals surface area contributed by atoms with Gasteiger partial charge in [-0.15, -0.1) is 0 Å². The molecule has 0 aromatic heterocycles. The van der Waals surface area contributed by atoms with Crippen LogP contribution in [-0.4, -0.2) is 26.4 Å². The molecule has 0 amide bonds. The number of hydrogen-bond acceptors (Lipinski definition) is 4. The van der Waals surface area contributed by atoms with Crippen LogP contribution in [0.15, 0.2) is 6.07 Å². The molecule has 0 spiro atoms. The molecular formula is C13H20O4. The predicted molar refractivity (Wildman–Crippen MR) is 65.0 cm³/mol. The molecule has 96 valence electrons. The van der Waals surface area contributed by atoms with E-state index >= 15 is 0 Å². The minimum atomic E-state index is 0.247. The van der Waals surface area contributed by atoms with E-state index in [4.69, 9.17) is 14.2 Å². The van der Waals surface area contributed by atoms with Gasteiger partial charge in [0.25, 0.3) is 0 Å². The molecule has 17 heavy (non-hydrogen) atoms. The molecule has 4 nitrogen and oxygen atoms in total. The molecule has 0 bridgehead atoms. The molecule has 1 aromatic carbocycles. The number of aromatic hydroxyl groups is 1. The van der Waals surface area contributed by atoms with Gasteiger partial charge in [-0.05, 0) is 29.7 Å². The Labute approximate surface area is 102 Å². The summed E-state index contributed by atoms with van der Waals surface area (Å²) in [5, 5.41) is 9.95. The van der Waals surface area contributed by atoms with Crippen LogP contribution in [0.2, 0.25) is 0 Å². The Morgan fingerprint density at radius 2 is 1.47 bits per heavy atom. The van der Waals surface area contributed by atoms with Crippen LogP contribution in [0, 0.1) is 6.92 Å². The van der Waals surface area contributed by atoms with Crippen molar-refractivity contribution in [1.29, 1.82) is 0 Å². The van der Waals surface area contributed by atoms with E-state index < -0.39 is 0 Å². The Balaban J connectivity index is 3.24. The van der Waals surface area contributed by atoms with E-state index in [1.54, 1.807) is 27.4 Å². The molecule has 0 aliphatic heterocycles. The van der Waals surface area contributed by atoms with Crippen LogP contribution in [-0.2, 0) is 34.0 Å². The molecule has 0 fully saturated rings. The van der Waals surface area contributed by atoms with Crippen molar-refractivity contribution < 1.29 is 19.3 Å². The number of methoxy groups -OCH3 is 3. The highest BCUT2D eigenvalue weighted by atomic mass is 16.5. The summed E-state index contributed by atoms with van der Waals surface area (Å²) in [7, 11) is 4.89. The summed E-state index contributed by atoms with van der Waals surface area (Å²) in [6, 6.07) is 1.72. The minimum Gasteiger partial charge on any atom is -0.508 e. The lowest BCUT2D eigenvalue weighted by Gasteiger charge is -2.17. The number of ether oxygens (including phenoxy) is 3. The van der Waals surface area contributed by atoms with E-state index in [1.165, 1.54) is 0 Å². The number of phenols is 1. The van der Waals surface area contributed by atoms with Crippen molar-refractivity contribution in [2.45, 2.75) is 26.7 Å². The molecule has 0 saturated heterocycles. The summed E-state index contributed by atoms with van der Waals surface area (Å²) < 4.78 is 15.4. The second-order valence-electron chi connectivity index (χ2n) is 3.94. The van der Waals surface area contributed by atoms with Gasteiger partial charge in [-0.2, -0.15) is 0 Å². The topological polar surface area (TPSA) is 47.9 Å². The first-order chi connectivity index (χ1) is 8.15. The highest BCUT2D eigenvalue weighted by Gasteiger charge is 2.14. The van der Waals surface area contributed by atoms with Crippen LogP contribution in [0.25, 0.3) is 0 Å². The van der Waals surface area contributed by atoms with Crippen LogP contribution in [0.4, 0.5) is 0 Å². The maximum absolute atomic E-state index is 9.95. The molecule has 1 N–H and O–H groups in total. The van der Waals surface area contributed by atoms with Crippen LogP contribution >= 0.6 is 0 Å². The van der Waals surface area contributed by atoms with Gasteiger partial charge in [0.2, 0.25) is 0 Å². The highest BCUT2D eigenvalue weighted by Crippen LogP contribution is 2.29. The second kappa shape index (κ2) is 6.59. The smallest absolute Gasteiger partial charge is 0.121 e. The number of benzene rings is 1. The Morgan fingerprint density at radius 1 is 0.941 bits per heavy atom. The van der Waals surface area contributed by atoms with Crippen LogP contribution in [0.5, 0.6) is 5.75 Å². The maximum Gasteiger partial charge on any atom is 0.121 e. The van der Waals surface area contributed by atoms with Gasteiger partial charge in [0.05, 0.1) is 19.8 Å². The van der Waals surface area contributed by atoms with E-state index in [1.807, 2.05) is 6.92 Å². The molecule has 1 aromatic rings. The summed E-state index contributed by atoms with van der Waals surface area (Å²) >= 11 is 0.